The minimum absolute atomic E-state index is 0.662. The second kappa shape index (κ2) is 4.86. The second-order valence-electron chi connectivity index (χ2n) is 8.04. The van der Waals surface area contributed by atoms with Crippen LogP contribution in [0.2, 0.25) is 0 Å². The summed E-state index contributed by atoms with van der Waals surface area (Å²) in [6.45, 7) is 2.55. The standard InChI is InChI=1S/C22H24N2/c1-2-7-20-15(4-1)8-9-16-5-3-6-18-19-14-23(17-10-11-17)13-12-21(19)24(20)22(16)18/h1-7,17,19,21H,8-14H2. The lowest BCUT2D eigenvalue weighted by atomic mass is 9.87. The van der Waals surface area contributed by atoms with Gasteiger partial charge in [0.05, 0.1) is 0 Å². The predicted octanol–water partition coefficient (Wildman–Crippen LogP) is 4.26. The number of likely N-dealkylation sites (tertiary alicyclic amines) is 1. The van der Waals surface area contributed by atoms with Crippen LogP contribution in [0.5, 0.6) is 0 Å². The highest BCUT2D eigenvalue weighted by atomic mass is 15.3. The molecule has 0 spiro atoms. The average Bonchev–Trinajstić information content (AvgIpc) is 3.43. The average molecular weight is 316 g/mol. The summed E-state index contributed by atoms with van der Waals surface area (Å²) in [5, 5.41) is 0. The summed E-state index contributed by atoms with van der Waals surface area (Å²) >= 11 is 0. The summed E-state index contributed by atoms with van der Waals surface area (Å²) < 4.78 is 0. The molecule has 6 rings (SSSR count). The third-order valence-corrected chi connectivity index (χ3v) is 6.71. The maximum Gasteiger partial charge on any atom is 0.0483 e. The molecule has 0 N–H and O–H groups in total. The van der Waals surface area contributed by atoms with Crippen molar-refractivity contribution in [3.05, 3.63) is 59.2 Å². The molecule has 2 aromatic carbocycles. The van der Waals surface area contributed by atoms with E-state index in [1.165, 1.54) is 56.4 Å². The summed E-state index contributed by atoms with van der Waals surface area (Å²) in [5.74, 6) is 0.695. The second-order valence-corrected chi connectivity index (χ2v) is 8.04. The van der Waals surface area contributed by atoms with Crippen molar-refractivity contribution in [3.8, 4) is 0 Å². The van der Waals surface area contributed by atoms with E-state index in [0.717, 1.165) is 6.04 Å². The van der Waals surface area contributed by atoms with Gasteiger partial charge in [0.1, 0.15) is 0 Å². The molecule has 2 aromatic rings. The summed E-state index contributed by atoms with van der Waals surface area (Å²) in [5.41, 5.74) is 7.77. The molecular formula is C22H24N2. The summed E-state index contributed by atoms with van der Waals surface area (Å²) in [4.78, 5) is 5.51. The van der Waals surface area contributed by atoms with Crippen molar-refractivity contribution in [1.82, 2.24) is 4.90 Å². The Hall–Kier alpha value is -1.80. The van der Waals surface area contributed by atoms with Crippen LogP contribution in [0.4, 0.5) is 11.4 Å². The maximum absolute atomic E-state index is 2.78. The number of fused-ring (bicyclic) bond motifs is 5. The summed E-state index contributed by atoms with van der Waals surface area (Å²) in [6, 6.07) is 17.8. The number of hydrogen-bond acceptors (Lipinski definition) is 2. The molecule has 2 heteroatoms. The van der Waals surface area contributed by atoms with E-state index >= 15 is 0 Å². The molecule has 1 aliphatic carbocycles. The first-order chi connectivity index (χ1) is 11.9. The van der Waals surface area contributed by atoms with Gasteiger partial charge in [0.2, 0.25) is 0 Å². The normalized spacial score (nSPS) is 28.1. The van der Waals surface area contributed by atoms with Crippen molar-refractivity contribution in [1.29, 1.82) is 0 Å². The van der Waals surface area contributed by atoms with E-state index < -0.39 is 0 Å². The molecule has 0 bridgehead atoms. The van der Waals surface area contributed by atoms with E-state index in [1.807, 2.05) is 0 Å². The SMILES string of the molecule is c1ccc2c(c1)CCc1cccc3c1N2C1CCN(C2CC2)CC31. The number of piperidine rings is 1. The van der Waals surface area contributed by atoms with Crippen LogP contribution < -0.4 is 4.90 Å². The molecule has 0 amide bonds. The van der Waals surface area contributed by atoms with E-state index in [-0.39, 0.29) is 0 Å². The van der Waals surface area contributed by atoms with E-state index in [2.05, 4.69) is 52.3 Å². The zero-order chi connectivity index (χ0) is 15.7. The summed E-state index contributed by atoms with van der Waals surface area (Å²) in [7, 11) is 0. The number of aryl methyl sites for hydroxylation is 2. The van der Waals surface area contributed by atoms with Crippen LogP contribution >= 0.6 is 0 Å². The van der Waals surface area contributed by atoms with Crippen molar-refractivity contribution in [2.45, 2.75) is 50.1 Å². The van der Waals surface area contributed by atoms with Gasteiger partial charge in [-0.15, -0.1) is 0 Å². The first-order valence-corrected chi connectivity index (χ1v) is 9.63. The van der Waals surface area contributed by atoms with E-state index in [0.29, 0.717) is 12.0 Å². The van der Waals surface area contributed by atoms with Gasteiger partial charge < -0.3 is 4.90 Å². The van der Waals surface area contributed by atoms with Crippen molar-refractivity contribution >= 4 is 11.4 Å². The molecule has 2 nitrogen and oxygen atoms in total. The van der Waals surface area contributed by atoms with E-state index in [1.54, 1.807) is 16.8 Å². The Morgan fingerprint density at radius 1 is 0.833 bits per heavy atom. The predicted molar refractivity (Wildman–Crippen MR) is 98.2 cm³/mol. The first-order valence-electron chi connectivity index (χ1n) is 9.63. The lowest BCUT2D eigenvalue weighted by molar-refractivity contribution is 0.188. The topological polar surface area (TPSA) is 6.48 Å². The molecule has 1 saturated heterocycles. The number of para-hydroxylation sites is 2. The minimum Gasteiger partial charge on any atom is -0.337 e. The smallest absolute Gasteiger partial charge is 0.0483 e. The van der Waals surface area contributed by atoms with Gasteiger partial charge in [-0.25, -0.2) is 0 Å². The number of hydrogen-bond donors (Lipinski definition) is 0. The van der Waals surface area contributed by atoms with Crippen LogP contribution in [0.25, 0.3) is 0 Å². The monoisotopic (exact) mass is 316 g/mol. The molecular weight excluding hydrogens is 292 g/mol. The fourth-order valence-electron chi connectivity index (χ4n) is 5.45. The lowest BCUT2D eigenvalue weighted by Crippen LogP contribution is -2.45. The van der Waals surface area contributed by atoms with Gasteiger partial charge in [0.25, 0.3) is 0 Å². The fourth-order valence-corrected chi connectivity index (χ4v) is 5.45. The van der Waals surface area contributed by atoms with Gasteiger partial charge in [-0.05, 0) is 54.9 Å². The van der Waals surface area contributed by atoms with Crippen molar-refractivity contribution in [2.75, 3.05) is 18.0 Å². The minimum atomic E-state index is 0.662. The van der Waals surface area contributed by atoms with Crippen molar-refractivity contribution in [2.24, 2.45) is 0 Å². The molecule has 3 heterocycles. The van der Waals surface area contributed by atoms with Gasteiger partial charge in [-0.1, -0.05) is 36.4 Å². The molecule has 24 heavy (non-hydrogen) atoms. The van der Waals surface area contributed by atoms with Crippen LogP contribution in [0.3, 0.4) is 0 Å². The molecule has 0 aromatic heterocycles. The number of rotatable bonds is 1. The summed E-state index contributed by atoms with van der Waals surface area (Å²) in [6.07, 6.45) is 6.52. The van der Waals surface area contributed by atoms with Crippen LogP contribution in [-0.2, 0) is 12.8 Å². The van der Waals surface area contributed by atoms with Crippen molar-refractivity contribution < 1.29 is 0 Å². The molecule has 122 valence electrons. The van der Waals surface area contributed by atoms with E-state index in [4.69, 9.17) is 0 Å². The zero-order valence-corrected chi connectivity index (χ0v) is 14.1. The molecule has 2 unspecified atom stereocenters. The Kier molecular flexibility index (Phi) is 2.73. The highest BCUT2D eigenvalue weighted by Gasteiger charge is 2.46. The molecule has 2 atom stereocenters. The molecule has 3 aliphatic heterocycles. The quantitative estimate of drug-likeness (QED) is 0.776. The van der Waals surface area contributed by atoms with Gasteiger partial charge >= 0.3 is 0 Å². The Morgan fingerprint density at radius 2 is 1.67 bits per heavy atom. The van der Waals surface area contributed by atoms with Gasteiger partial charge in [-0.2, -0.15) is 0 Å². The third-order valence-electron chi connectivity index (χ3n) is 6.71. The Labute approximate surface area is 144 Å². The number of nitrogens with zero attached hydrogens (tertiary/aromatic N) is 2. The van der Waals surface area contributed by atoms with Gasteiger partial charge in [0.15, 0.2) is 0 Å². The highest BCUT2D eigenvalue weighted by Crippen LogP contribution is 2.52. The molecule has 4 aliphatic rings. The maximum atomic E-state index is 2.78. The van der Waals surface area contributed by atoms with Gasteiger partial charge in [0, 0.05) is 42.5 Å². The Morgan fingerprint density at radius 3 is 2.58 bits per heavy atom. The number of anilines is 2. The molecule has 1 saturated carbocycles. The highest BCUT2D eigenvalue weighted by molar-refractivity contribution is 5.79. The zero-order valence-electron chi connectivity index (χ0n) is 14.1. The van der Waals surface area contributed by atoms with Crippen LogP contribution in [0, 0.1) is 0 Å². The van der Waals surface area contributed by atoms with E-state index in [9.17, 15) is 0 Å². The van der Waals surface area contributed by atoms with Crippen molar-refractivity contribution in [3.63, 3.8) is 0 Å². The lowest BCUT2D eigenvalue weighted by Gasteiger charge is -2.39. The number of benzene rings is 2. The van der Waals surface area contributed by atoms with Crippen LogP contribution in [0.1, 0.15) is 41.9 Å². The molecule has 2 fully saturated rings. The fraction of sp³-hybridized carbons (Fsp3) is 0.455. The third kappa shape index (κ3) is 1.81. The Bertz CT molecular complexity index is 807. The largest absolute Gasteiger partial charge is 0.337 e. The first kappa shape index (κ1) is 13.5. The van der Waals surface area contributed by atoms with Gasteiger partial charge in [-0.3, -0.25) is 4.90 Å². The van der Waals surface area contributed by atoms with Crippen LogP contribution in [0.15, 0.2) is 42.5 Å². The molecule has 0 radical (unpaired) electrons. The van der Waals surface area contributed by atoms with Crippen LogP contribution in [-0.4, -0.2) is 30.1 Å². The Balaban J connectivity index is 1.52.